The molecule has 1 aromatic carbocycles. The molecule has 1 unspecified atom stereocenters. The minimum Gasteiger partial charge on any atom is -0.495 e. The van der Waals surface area contributed by atoms with Crippen LogP contribution in [-0.2, 0) is 9.53 Å². The number of imidazole rings is 1. The number of aromatic nitrogens is 4. The summed E-state index contributed by atoms with van der Waals surface area (Å²) in [6.07, 6.45) is 2.89. The van der Waals surface area contributed by atoms with Gasteiger partial charge in [0.25, 0.3) is 0 Å². The average molecular weight is 443 g/mol. The summed E-state index contributed by atoms with van der Waals surface area (Å²) in [4.78, 5) is 32.1. The van der Waals surface area contributed by atoms with E-state index in [2.05, 4.69) is 35.8 Å². The number of H-pyrrole nitrogens is 1. The number of hydrogen-bond donors (Lipinski definition) is 1. The summed E-state index contributed by atoms with van der Waals surface area (Å²) in [6, 6.07) is 8.08. The van der Waals surface area contributed by atoms with E-state index in [0.717, 1.165) is 48.2 Å². The van der Waals surface area contributed by atoms with E-state index in [1.807, 2.05) is 18.2 Å². The van der Waals surface area contributed by atoms with Crippen molar-refractivity contribution in [1.29, 1.82) is 0 Å². The largest absolute Gasteiger partial charge is 0.495 e. The molecule has 3 heterocycles. The quantitative estimate of drug-likeness (QED) is 0.320. The van der Waals surface area contributed by atoms with Gasteiger partial charge in [-0.1, -0.05) is 12.1 Å². The number of piperazine rings is 1. The molecule has 1 aliphatic rings. The highest BCUT2D eigenvalue weighted by Crippen LogP contribution is 2.28. The normalized spacial score (nSPS) is 15.7. The number of thioether (sulfide) groups is 1. The topological polar surface area (TPSA) is 96.5 Å². The predicted octanol–water partition coefficient (Wildman–Crippen LogP) is 2.21. The van der Waals surface area contributed by atoms with Gasteiger partial charge in [0.2, 0.25) is 0 Å². The Morgan fingerprint density at radius 3 is 2.77 bits per heavy atom. The maximum atomic E-state index is 11.7. The molecule has 0 saturated carbocycles. The first-order chi connectivity index (χ1) is 15.1. The molecular weight excluding hydrogens is 416 g/mol. The van der Waals surface area contributed by atoms with Crippen molar-refractivity contribution in [1.82, 2.24) is 24.8 Å². The van der Waals surface area contributed by atoms with Crippen molar-refractivity contribution >= 4 is 34.6 Å². The molecule has 1 saturated heterocycles. The molecule has 10 heteroatoms. The average Bonchev–Trinajstić information content (AvgIpc) is 3.27. The summed E-state index contributed by atoms with van der Waals surface area (Å²) in [7, 11) is 1.70. The third-order valence-corrected chi connectivity index (χ3v) is 6.29. The molecule has 0 amide bonds. The van der Waals surface area contributed by atoms with Crippen LogP contribution in [0.5, 0.6) is 5.75 Å². The van der Waals surface area contributed by atoms with Crippen molar-refractivity contribution < 1.29 is 14.3 Å². The number of methoxy groups -OCH3 is 1. The van der Waals surface area contributed by atoms with Gasteiger partial charge in [-0.05, 0) is 12.1 Å². The molecule has 1 atom stereocenters. The van der Waals surface area contributed by atoms with Crippen LogP contribution in [0.4, 0.5) is 5.69 Å². The lowest BCUT2D eigenvalue weighted by Gasteiger charge is -2.37. The van der Waals surface area contributed by atoms with Crippen molar-refractivity contribution in [2.75, 3.05) is 50.5 Å². The van der Waals surface area contributed by atoms with Crippen molar-refractivity contribution in [3.63, 3.8) is 0 Å². The third-order valence-electron chi connectivity index (χ3n) is 5.18. The zero-order chi connectivity index (χ0) is 21.6. The summed E-state index contributed by atoms with van der Waals surface area (Å²) < 4.78 is 11.1. The summed E-state index contributed by atoms with van der Waals surface area (Å²) in [5, 5.41) is 0.782. The van der Waals surface area contributed by atoms with Gasteiger partial charge in [0.15, 0.2) is 5.65 Å². The lowest BCUT2D eigenvalue weighted by molar-refractivity contribution is -0.146. The molecule has 164 valence electrons. The Balaban J connectivity index is 1.35. The minimum absolute atomic E-state index is 0.232. The van der Waals surface area contributed by atoms with Crippen LogP contribution in [0, 0.1) is 0 Å². The fraction of sp³-hybridized carbons (Fsp3) is 0.429. The highest BCUT2D eigenvalue weighted by Gasteiger charge is 2.24. The maximum Gasteiger partial charge on any atom is 0.302 e. The van der Waals surface area contributed by atoms with Crippen LogP contribution in [0.25, 0.3) is 11.2 Å². The highest BCUT2D eigenvalue weighted by molar-refractivity contribution is 7.99. The SMILES string of the molecule is COc1ccccc1N1CCN(CC(CSc2ncnc3[nH]cnc23)OC(C)=O)CC1. The highest BCUT2D eigenvalue weighted by atomic mass is 32.2. The Morgan fingerprint density at radius 2 is 2.00 bits per heavy atom. The molecule has 31 heavy (non-hydrogen) atoms. The van der Waals surface area contributed by atoms with Gasteiger partial charge in [-0.2, -0.15) is 0 Å². The minimum atomic E-state index is -0.272. The number of esters is 1. The number of rotatable bonds is 8. The lowest BCUT2D eigenvalue weighted by atomic mass is 10.2. The van der Waals surface area contributed by atoms with E-state index in [4.69, 9.17) is 9.47 Å². The number of nitrogens with one attached hydrogen (secondary N) is 1. The van der Waals surface area contributed by atoms with Gasteiger partial charge in [0.05, 0.1) is 19.1 Å². The molecule has 0 bridgehead atoms. The number of nitrogens with zero attached hydrogens (tertiary/aromatic N) is 5. The van der Waals surface area contributed by atoms with Crippen LogP contribution >= 0.6 is 11.8 Å². The van der Waals surface area contributed by atoms with Crippen LogP contribution in [0.1, 0.15) is 6.92 Å². The van der Waals surface area contributed by atoms with E-state index < -0.39 is 0 Å². The van der Waals surface area contributed by atoms with E-state index >= 15 is 0 Å². The van der Waals surface area contributed by atoms with Gasteiger partial charge < -0.3 is 19.4 Å². The van der Waals surface area contributed by atoms with E-state index in [0.29, 0.717) is 17.9 Å². The van der Waals surface area contributed by atoms with E-state index in [1.54, 1.807) is 13.4 Å². The van der Waals surface area contributed by atoms with Gasteiger partial charge in [0.1, 0.15) is 28.7 Å². The molecule has 0 spiro atoms. The number of benzene rings is 1. The molecule has 3 aromatic rings. The first-order valence-electron chi connectivity index (χ1n) is 10.2. The Morgan fingerprint density at radius 1 is 1.19 bits per heavy atom. The van der Waals surface area contributed by atoms with E-state index in [9.17, 15) is 4.79 Å². The molecule has 1 aliphatic heterocycles. The second kappa shape index (κ2) is 9.97. The monoisotopic (exact) mass is 442 g/mol. The van der Waals surface area contributed by atoms with Gasteiger partial charge in [0, 0.05) is 45.4 Å². The standard InChI is InChI=1S/C21H26N6O3S/c1-15(28)30-16(12-31-21-19-20(23-13-22-19)24-14-25-21)11-26-7-9-27(10-8-26)17-5-3-4-6-18(17)29-2/h3-6,13-14,16H,7-12H2,1-2H3,(H,22,23,24,25). The molecule has 0 aliphatic carbocycles. The van der Waals surface area contributed by atoms with Gasteiger partial charge in [-0.15, -0.1) is 11.8 Å². The number of para-hydroxylation sites is 2. The molecule has 2 aromatic heterocycles. The van der Waals surface area contributed by atoms with Crippen LogP contribution < -0.4 is 9.64 Å². The second-order valence-corrected chi connectivity index (χ2v) is 8.29. The summed E-state index contributed by atoms with van der Waals surface area (Å²) in [6.45, 7) is 5.68. The van der Waals surface area contributed by atoms with Crippen LogP contribution in [0.3, 0.4) is 0 Å². The number of carbonyl (C=O) groups is 1. The van der Waals surface area contributed by atoms with Crippen LogP contribution in [0.15, 0.2) is 41.9 Å². The van der Waals surface area contributed by atoms with Gasteiger partial charge in [-0.3, -0.25) is 9.69 Å². The summed E-state index contributed by atoms with van der Waals surface area (Å²) in [5.41, 5.74) is 2.55. The van der Waals surface area contributed by atoms with Crippen LogP contribution in [-0.4, -0.2) is 82.5 Å². The Bertz CT molecular complexity index is 1020. The van der Waals surface area contributed by atoms with Gasteiger partial charge >= 0.3 is 5.97 Å². The second-order valence-electron chi connectivity index (χ2n) is 7.28. The lowest BCUT2D eigenvalue weighted by Crippen LogP contribution is -2.49. The zero-order valence-corrected chi connectivity index (χ0v) is 18.5. The number of hydrogen-bond acceptors (Lipinski definition) is 9. The third kappa shape index (κ3) is 5.26. The number of anilines is 1. The maximum absolute atomic E-state index is 11.7. The number of ether oxygens (including phenoxy) is 2. The number of carbonyl (C=O) groups excluding carboxylic acids is 1. The number of fused-ring (bicyclic) bond motifs is 1. The fourth-order valence-corrected chi connectivity index (χ4v) is 4.65. The van der Waals surface area contributed by atoms with Crippen molar-refractivity contribution in [2.45, 2.75) is 18.1 Å². The van der Waals surface area contributed by atoms with Crippen LogP contribution in [0.2, 0.25) is 0 Å². The smallest absolute Gasteiger partial charge is 0.302 e. The molecular formula is C21H26N6O3S. The Labute approximate surface area is 185 Å². The Hall–Kier alpha value is -2.85. The molecule has 1 N–H and O–H groups in total. The van der Waals surface area contributed by atoms with Gasteiger partial charge in [-0.25, -0.2) is 15.0 Å². The summed E-state index contributed by atoms with van der Waals surface area (Å²) >= 11 is 1.53. The Kier molecular flexibility index (Phi) is 6.88. The predicted molar refractivity (Wildman–Crippen MR) is 120 cm³/mol. The number of aromatic amines is 1. The molecule has 0 radical (unpaired) electrons. The van der Waals surface area contributed by atoms with E-state index in [-0.39, 0.29) is 12.1 Å². The van der Waals surface area contributed by atoms with Crippen molar-refractivity contribution in [3.05, 3.63) is 36.9 Å². The summed E-state index contributed by atoms with van der Waals surface area (Å²) in [5.74, 6) is 1.22. The zero-order valence-electron chi connectivity index (χ0n) is 17.7. The molecule has 9 nitrogen and oxygen atoms in total. The van der Waals surface area contributed by atoms with Crippen molar-refractivity contribution in [2.24, 2.45) is 0 Å². The van der Waals surface area contributed by atoms with Crippen molar-refractivity contribution in [3.8, 4) is 5.75 Å². The first-order valence-corrected chi connectivity index (χ1v) is 11.2. The first kappa shape index (κ1) is 21.4. The molecule has 1 fully saturated rings. The fourth-order valence-electron chi connectivity index (χ4n) is 3.73. The molecule has 4 rings (SSSR count). The van der Waals surface area contributed by atoms with E-state index in [1.165, 1.54) is 25.0 Å².